The minimum absolute atomic E-state index is 0.0215. The third-order valence-electron chi connectivity index (χ3n) is 3.90. The van der Waals surface area contributed by atoms with E-state index in [0.717, 1.165) is 6.42 Å². The molecule has 28 heavy (non-hydrogen) atoms. The number of carbonyl (C=O) groups excluding carboxylic acids is 2. The first-order chi connectivity index (χ1) is 13.4. The monoisotopic (exact) mass is 401 g/mol. The van der Waals surface area contributed by atoms with Gasteiger partial charge < -0.3 is 9.47 Å². The fourth-order valence-electron chi connectivity index (χ4n) is 2.14. The number of thiocarbonyl (C=S) groups is 1. The highest BCUT2D eigenvalue weighted by Crippen LogP contribution is 2.15. The highest BCUT2D eigenvalue weighted by Gasteiger charge is 2.10. The van der Waals surface area contributed by atoms with Crippen molar-refractivity contribution in [2.75, 3.05) is 7.11 Å². The van der Waals surface area contributed by atoms with E-state index in [0.29, 0.717) is 22.6 Å². The Kier molecular flexibility index (Phi) is 7.76. The van der Waals surface area contributed by atoms with Crippen LogP contribution in [0.2, 0.25) is 0 Å². The van der Waals surface area contributed by atoms with Gasteiger partial charge >= 0.3 is 0 Å². The van der Waals surface area contributed by atoms with Crippen LogP contribution in [0.3, 0.4) is 0 Å². The molecule has 0 radical (unpaired) electrons. The maximum atomic E-state index is 12.2. The van der Waals surface area contributed by atoms with Crippen LogP contribution in [0.5, 0.6) is 11.5 Å². The van der Waals surface area contributed by atoms with E-state index >= 15 is 0 Å². The van der Waals surface area contributed by atoms with Gasteiger partial charge in [0.1, 0.15) is 11.5 Å². The maximum Gasteiger partial charge on any atom is 0.269 e. The summed E-state index contributed by atoms with van der Waals surface area (Å²) in [6, 6.07) is 13.3. The van der Waals surface area contributed by atoms with Crippen molar-refractivity contribution in [2.24, 2.45) is 0 Å². The number of amides is 2. The Morgan fingerprint density at radius 2 is 1.46 bits per heavy atom. The molecular weight excluding hydrogens is 378 g/mol. The first kappa shape index (κ1) is 21.2. The lowest BCUT2D eigenvalue weighted by Crippen LogP contribution is -2.48. The fourth-order valence-corrected chi connectivity index (χ4v) is 2.28. The van der Waals surface area contributed by atoms with Crippen molar-refractivity contribution in [3.63, 3.8) is 0 Å². The first-order valence-corrected chi connectivity index (χ1v) is 9.16. The number of benzene rings is 2. The molecule has 8 heteroatoms. The van der Waals surface area contributed by atoms with Crippen molar-refractivity contribution in [1.82, 2.24) is 16.2 Å². The van der Waals surface area contributed by atoms with Crippen LogP contribution in [-0.4, -0.2) is 30.1 Å². The third-order valence-corrected chi connectivity index (χ3v) is 4.10. The number of ether oxygens (including phenoxy) is 2. The number of carbonyl (C=O) groups is 2. The van der Waals surface area contributed by atoms with Crippen LogP contribution in [0.4, 0.5) is 0 Å². The van der Waals surface area contributed by atoms with Gasteiger partial charge in [-0.25, -0.2) is 0 Å². The molecule has 2 amide bonds. The number of hydrogen-bond donors (Lipinski definition) is 3. The number of nitrogens with one attached hydrogen (secondary N) is 3. The van der Waals surface area contributed by atoms with Crippen LogP contribution in [0, 0.1) is 0 Å². The fraction of sp³-hybridized carbons (Fsp3) is 0.250. The number of methoxy groups -OCH3 is 1. The lowest BCUT2D eigenvalue weighted by Gasteiger charge is -2.13. The Morgan fingerprint density at radius 3 is 2.00 bits per heavy atom. The predicted molar refractivity (Wildman–Crippen MR) is 110 cm³/mol. The molecule has 0 saturated carbocycles. The molecule has 0 bridgehead atoms. The van der Waals surface area contributed by atoms with Gasteiger partial charge in [-0.2, -0.15) is 0 Å². The Bertz CT molecular complexity index is 822. The number of rotatable bonds is 6. The Balaban J connectivity index is 1.83. The second-order valence-electron chi connectivity index (χ2n) is 5.95. The van der Waals surface area contributed by atoms with Crippen LogP contribution in [0.25, 0.3) is 0 Å². The highest BCUT2D eigenvalue weighted by atomic mass is 32.1. The minimum Gasteiger partial charge on any atom is -0.497 e. The van der Waals surface area contributed by atoms with Gasteiger partial charge in [-0.1, -0.05) is 6.92 Å². The van der Waals surface area contributed by atoms with E-state index in [-0.39, 0.29) is 11.2 Å². The van der Waals surface area contributed by atoms with Gasteiger partial charge in [0.05, 0.1) is 13.2 Å². The predicted octanol–water partition coefficient (Wildman–Crippen LogP) is 2.82. The Hall–Kier alpha value is -3.13. The molecule has 3 N–H and O–H groups in total. The topological polar surface area (TPSA) is 88.7 Å². The van der Waals surface area contributed by atoms with E-state index in [2.05, 4.69) is 16.2 Å². The number of hydrogen-bond acceptors (Lipinski definition) is 5. The molecule has 7 nitrogen and oxygen atoms in total. The van der Waals surface area contributed by atoms with Gasteiger partial charge in [-0.05, 0) is 74.1 Å². The zero-order valence-electron chi connectivity index (χ0n) is 15.9. The van der Waals surface area contributed by atoms with E-state index < -0.39 is 11.8 Å². The van der Waals surface area contributed by atoms with Gasteiger partial charge in [-0.3, -0.25) is 25.8 Å². The van der Waals surface area contributed by atoms with Crippen molar-refractivity contribution in [3.05, 3.63) is 59.7 Å². The average molecular weight is 401 g/mol. The molecule has 1 unspecified atom stereocenters. The van der Waals surface area contributed by atoms with Crippen molar-refractivity contribution < 1.29 is 19.1 Å². The molecule has 2 aromatic carbocycles. The van der Waals surface area contributed by atoms with Gasteiger partial charge in [0.2, 0.25) is 0 Å². The Morgan fingerprint density at radius 1 is 0.929 bits per heavy atom. The Labute approximate surface area is 169 Å². The molecule has 0 aliphatic carbocycles. The summed E-state index contributed by atoms with van der Waals surface area (Å²) in [6.45, 7) is 4.01. The summed E-state index contributed by atoms with van der Waals surface area (Å²) >= 11 is 5.03. The first-order valence-electron chi connectivity index (χ1n) is 8.75. The van der Waals surface area contributed by atoms with E-state index in [1.165, 1.54) is 0 Å². The van der Waals surface area contributed by atoms with Crippen LogP contribution < -0.4 is 25.6 Å². The van der Waals surface area contributed by atoms with Crippen LogP contribution >= 0.6 is 12.2 Å². The SMILES string of the molecule is CCC(C)Oc1ccc(C(=O)NC(=S)NNC(=O)c2ccc(OC)cc2)cc1. The summed E-state index contributed by atoms with van der Waals surface area (Å²) in [5.41, 5.74) is 5.76. The molecule has 0 aliphatic rings. The normalized spacial score (nSPS) is 11.1. The maximum absolute atomic E-state index is 12.2. The van der Waals surface area contributed by atoms with Crippen molar-refractivity contribution in [1.29, 1.82) is 0 Å². The summed E-state index contributed by atoms with van der Waals surface area (Å²) < 4.78 is 10.7. The lowest BCUT2D eigenvalue weighted by atomic mass is 10.2. The van der Waals surface area contributed by atoms with Crippen molar-refractivity contribution >= 4 is 29.1 Å². The molecule has 2 rings (SSSR count). The molecule has 2 aromatic rings. The van der Waals surface area contributed by atoms with Crippen LogP contribution in [0.1, 0.15) is 41.0 Å². The molecule has 0 heterocycles. The van der Waals surface area contributed by atoms with Crippen LogP contribution in [0.15, 0.2) is 48.5 Å². The van der Waals surface area contributed by atoms with Gasteiger partial charge in [0.25, 0.3) is 11.8 Å². The van der Waals surface area contributed by atoms with E-state index in [9.17, 15) is 9.59 Å². The molecule has 1 atom stereocenters. The third kappa shape index (κ3) is 6.24. The standard InChI is InChI=1S/C20H23N3O4S/c1-4-13(2)27-17-11-7-14(8-12-17)18(24)21-20(28)23-22-19(25)15-5-9-16(26-3)10-6-15/h5-13H,4H2,1-3H3,(H,22,25)(H2,21,23,24,28). The number of hydrazine groups is 1. The summed E-state index contributed by atoms with van der Waals surface area (Å²) in [7, 11) is 1.55. The second kappa shape index (κ2) is 10.3. The zero-order valence-corrected chi connectivity index (χ0v) is 16.8. The summed E-state index contributed by atoms with van der Waals surface area (Å²) in [5.74, 6) is 0.545. The smallest absolute Gasteiger partial charge is 0.269 e. The quantitative estimate of drug-likeness (QED) is 0.510. The van der Waals surface area contributed by atoms with Gasteiger partial charge in [0, 0.05) is 11.1 Å². The molecule has 0 saturated heterocycles. The zero-order chi connectivity index (χ0) is 20.5. The van der Waals surface area contributed by atoms with E-state index in [4.69, 9.17) is 21.7 Å². The molecule has 0 aromatic heterocycles. The average Bonchev–Trinajstić information content (AvgIpc) is 2.72. The largest absolute Gasteiger partial charge is 0.497 e. The second-order valence-corrected chi connectivity index (χ2v) is 6.36. The van der Waals surface area contributed by atoms with E-state index in [1.54, 1.807) is 55.6 Å². The van der Waals surface area contributed by atoms with Crippen molar-refractivity contribution in [2.45, 2.75) is 26.4 Å². The van der Waals surface area contributed by atoms with Crippen molar-refractivity contribution in [3.8, 4) is 11.5 Å². The molecule has 148 valence electrons. The molecule has 0 aliphatic heterocycles. The van der Waals surface area contributed by atoms with E-state index in [1.807, 2.05) is 13.8 Å². The highest BCUT2D eigenvalue weighted by molar-refractivity contribution is 7.80. The molecule has 0 fully saturated rings. The summed E-state index contributed by atoms with van der Waals surface area (Å²) in [5, 5.41) is 2.48. The van der Waals surface area contributed by atoms with Crippen LogP contribution in [-0.2, 0) is 0 Å². The summed E-state index contributed by atoms with van der Waals surface area (Å²) in [4.78, 5) is 24.3. The lowest BCUT2D eigenvalue weighted by molar-refractivity contribution is 0.0934. The summed E-state index contributed by atoms with van der Waals surface area (Å²) in [6.07, 6.45) is 0.996. The van der Waals surface area contributed by atoms with Gasteiger partial charge in [0.15, 0.2) is 5.11 Å². The van der Waals surface area contributed by atoms with Gasteiger partial charge in [-0.15, -0.1) is 0 Å². The minimum atomic E-state index is -0.397. The molecule has 0 spiro atoms. The molecular formula is C20H23N3O4S.